The van der Waals surface area contributed by atoms with Gasteiger partial charge in [0, 0.05) is 13.1 Å². The molecule has 0 aliphatic heterocycles. The van der Waals surface area contributed by atoms with E-state index in [1.807, 2.05) is 6.92 Å². The molecule has 0 fully saturated rings. The fraction of sp³-hybridized carbons (Fsp3) is 0.250. The Hall–Kier alpha value is -3.03. The summed E-state index contributed by atoms with van der Waals surface area (Å²) in [4.78, 5) is 28.6. The van der Waals surface area contributed by atoms with Crippen LogP contribution >= 0.6 is 0 Å². The quantitative estimate of drug-likeness (QED) is 0.790. The standard InChI is InChI=1S/C16H16FN5O2/c1-9-15(10(2)21(3)20-9)19-14(23)7-22-8-18-13-6-11(17)4-5-12(13)16(22)24/h4-6,8H,7H2,1-3H3,(H,19,23). The van der Waals surface area contributed by atoms with Crippen LogP contribution in [0, 0.1) is 19.7 Å². The first-order valence-corrected chi connectivity index (χ1v) is 7.31. The number of carbonyl (C=O) groups excluding carboxylic acids is 1. The van der Waals surface area contributed by atoms with Crippen molar-refractivity contribution in [1.29, 1.82) is 0 Å². The van der Waals surface area contributed by atoms with Gasteiger partial charge in [-0.1, -0.05) is 0 Å². The van der Waals surface area contributed by atoms with E-state index >= 15 is 0 Å². The van der Waals surface area contributed by atoms with Crippen LogP contribution in [0.1, 0.15) is 11.4 Å². The van der Waals surface area contributed by atoms with Gasteiger partial charge in [-0.05, 0) is 26.0 Å². The highest BCUT2D eigenvalue weighted by atomic mass is 19.1. The Morgan fingerprint density at radius 2 is 2.08 bits per heavy atom. The average Bonchev–Trinajstić information content (AvgIpc) is 2.76. The summed E-state index contributed by atoms with van der Waals surface area (Å²) in [5.74, 6) is -0.827. The number of nitrogens with one attached hydrogen (secondary N) is 1. The Kier molecular flexibility index (Phi) is 3.88. The second-order valence-electron chi connectivity index (χ2n) is 5.56. The first kappa shape index (κ1) is 15.9. The molecule has 2 aromatic heterocycles. The lowest BCUT2D eigenvalue weighted by Crippen LogP contribution is -2.28. The molecular formula is C16H16FN5O2. The van der Waals surface area contributed by atoms with Crippen LogP contribution < -0.4 is 10.9 Å². The van der Waals surface area contributed by atoms with E-state index in [2.05, 4.69) is 15.4 Å². The van der Waals surface area contributed by atoms with Gasteiger partial charge in [0.2, 0.25) is 5.91 Å². The second-order valence-corrected chi connectivity index (χ2v) is 5.56. The third kappa shape index (κ3) is 2.78. The van der Waals surface area contributed by atoms with Crippen LogP contribution in [-0.4, -0.2) is 25.2 Å². The van der Waals surface area contributed by atoms with Gasteiger partial charge in [0.05, 0.1) is 34.3 Å². The monoisotopic (exact) mass is 329 g/mol. The Balaban J connectivity index is 1.87. The number of anilines is 1. The first-order chi connectivity index (χ1) is 11.4. The maximum atomic E-state index is 13.2. The van der Waals surface area contributed by atoms with E-state index in [4.69, 9.17) is 0 Å². The number of halogens is 1. The van der Waals surface area contributed by atoms with Crippen molar-refractivity contribution >= 4 is 22.5 Å². The molecule has 3 aromatic rings. The minimum absolute atomic E-state index is 0.188. The SMILES string of the molecule is Cc1nn(C)c(C)c1NC(=O)Cn1cnc2cc(F)ccc2c1=O. The molecule has 0 saturated heterocycles. The average molecular weight is 329 g/mol. The molecule has 8 heteroatoms. The third-order valence-corrected chi connectivity index (χ3v) is 3.87. The molecule has 7 nitrogen and oxygen atoms in total. The summed E-state index contributed by atoms with van der Waals surface area (Å²) in [6.07, 6.45) is 1.24. The van der Waals surface area contributed by atoms with Crippen molar-refractivity contribution in [2.24, 2.45) is 7.05 Å². The van der Waals surface area contributed by atoms with Gasteiger partial charge in [-0.15, -0.1) is 0 Å². The fourth-order valence-electron chi connectivity index (χ4n) is 2.53. The number of benzene rings is 1. The Morgan fingerprint density at radius 3 is 2.75 bits per heavy atom. The number of nitrogens with zero attached hydrogens (tertiary/aromatic N) is 4. The first-order valence-electron chi connectivity index (χ1n) is 7.31. The number of fused-ring (bicyclic) bond motifs is 1. The lowest BCUT2D eigenvalue weighted by Gasteiger charge is -2.08. The minimum atomic E-state index is -0.465. The summed E-state index contributed by atoms with van der Waals surface area (Å²) >= 11 is 0. The number of aryl methyl sites for hydroxylation is 2. The molecule has 1 N–H and O–H groups in total. The molecule has 0 aliphatic carbocycles. The van der Waals surface area contributed by atoms with Crippen LogP contribution in [0.5, 0.6) is 0 Å². The van der Waals surface area contributed by atoms with E-state index < -0.39 is 11.4 Å². The molecule has 1 aromatic carbocycles. The smallest absolute Gasteiger partial charge is 0.261 e. The van der Waals surface area contributed by atoms with Gasteiger partial charge in [0.15, 0.2) is 0 Å². The molecule has 2 heterocycles. The zero-order valence-electron chi connectivity index (χ0n) is 13.5. The van der Waals surface area contributed by atoms with Gasteiger partial charge >= 0.3 is 0 Å². The topological polar surface area (TPSA) is 81.8 Å². The number of aromatic nitrogens is 4. The molecule has 124 valence electrons. The molecular weight excluding hydrogens is 313 g/mol. The third-order valence-electron chi connectivity index (χ3n) is 3.87. The number of rotatable bonds is 3. The number of amides is 1. The lowest BCUT2D eigenvalue weighted by atomic mass is 10.2. The number of hydrogen-bond donors (Lipinski definition) is 1. The fourth-order valence-corrected chi connectivity index (χ4v) is 2.53. The Morgan fingerprint density at radius 1 is 1.33 bits per heavy atom. The highest BCUT2D eigenvalue weighted by Crippen LogP contribution is 2.18. The van der Waals surface area contributed by atoms with Crippen LogP contribution in [0.15, 0.2) is 29.3 Å². The van der Waals surface area contributed by atoms with E-state index in [0.29, 0.717) is 11.4 Å². The summed E-state index contributed by atoms with van der Waals surface area (Å²) in [5, 5.41) is 7.25. The van der Waals surface area contributed by atoms with Crippen molar-refractivity contribution in [2.75, 3.05) is 5.32 Å². The Labute approximate surface area is 136 Å². The van der Waals surface area contributed by atoms with Gasteiger partial charge in [-0.3, -0.25) is 18.8 Å². The normalized spacial score (nSPS) is 11.0. The van der Waals surface area contributed by atoms with E-state index in [9.17, 15) is 14.0 Å². The van der Waals surface area contributed by atoms with E-state index in [-0.39, 0.29) is 23.4 Å². The molecule has 0 atom stereocenters. The van der Waals surface area contributed by atoms with Crippen molar-refractivity contribution in [3.63, 3.8) is 0 Å². The predicted octanol–water partition coefficient (Wildman–Crippen LogP) is 1.52. The van der Waals surface area contributed by atoms with Gasteiger partial charge in [-0.25, -0.2) is 9.37 Å². The Bertz CT molecular complexity index is 1010. The minimum Gasteiger partial charge on any atom is -0.321 e. The van der Waals surface area contributed by atoms with Gasteiger partial charge in [0.1, 0.15) is 12.4 Å². The maximum absolute atomic E-state index is 13.2. The van der Waals surface area contributed by atoms with Crippen molar-refractivity contribution in [1.82, 2.24) is 19.3 Å². The molecule has 0 unspecified atom stereocenters. The summed E-state index contributed by atoms with van der Waals surface area (Å²) in [6.45, 7) is 3.45. The molecule has 0 aliphatic rings. The molecule has 0 saturated carbocycles. The van der Waals surface area contributed by atoms with Crippen molar-refractivity contribution in [2.45, 2.75) is 20.4 Å². The predicted molar refractivity (Wildman–Crippen MR) is 87.3 cm³/mol. The summed E-state index contributed by atoms with van der Waals surface area (Å²) in [5.41, 5.74) is 2.01. The molecule has 1 amide bonds. The lowest BCUT2D eigenvalue weighted by molar-refractivity contribution is -0.116. The highest BCUT2D eigenvalue weighted by Gasteiger charge is 2.14. The number of carbonyl (C=O) groups is 1. The zero-order chi connectivity index (χ0) is 17.4. The molecule has 0 bridgehead atoms. The zero-order valence-corrected chi connectivity index (χ0v) is 13.5. The summed E-state index contributed by atoms with van der Waals surface area (Å²) in [6, 6.07) is 3.74. The van der Waals surface area contributed by atoms with E-state index in [0.717, 1.165) is 5.69 Å². The number of hydrogen-bond acceptors (Lipinski definition) is 4. The van der Waals surface area contributed by atoms with Crippen LogP contribution in [0.3, 0.4) is 0 Å². The molecule has 24 heavy (non-hydrogen) atoms. The molecule has 3 rings (SSSR count). The van der Waals surface area contributed by atoms with Gasteiger partial charge in [-0.2, -0.15) is 5.10 Å². The van der Waals surface area contributed by atoms with Crippen LogP contribution in [0.25, 0.3) is 10.9 Å². The second kappa shape index (κ2) is 5.88. The van der Waals surface area contributed by atoms with E-state index in [1.165, 1.54) is 29.1 Å². The van der Waals surface area contributed by atoms with Crippen LogP contribution in [0.2, 0.25) is 0 Å². The van der Waals surface area contributed by atoms with Crippen molar-refractivity contribution < 1.29 is 9.18 Å². The molecule has 0 radical (unpaired) electrons. The maximum Gasteiger partial charge on any atom is 0.261 e. The van der Waals surface area contributed by atoms with Crippen molar-refractivity contribution in [3.8, 4) is 0 Å². The molecule has 0 spiro atoms. The van der Waals surface area contributed by atoms with Gasteiger partial charge in [0.25, 0.3) is 5.56 Å². The van der Waals surface area contributed by atoms with Crippen molar-refractivity contribution in [3.05, 3.63) is 52.1 Å². The highest BCUT2D eigenvalue weighted by molar-refractivity contribution is 5.92. The largest absolute Gasteiger partial charge is 0.321 e. The van der Waals surface area contributed by atoms with Gasteiger partial charge < -0.3 is 5.32 Å². The summed E-state index contributed by atoms with van der Waals surface area (Å²) in [7, 11) is 1.79. The van der Waals surface area contributed by atoms with E-state index in [1.54, 1.807) is 18.7 Å². The summed E-state index contributed by atoms with van der Waals surface area (Å²) < 4.78 is 16.0. The van der Waals surface area contributed by atoms with Crippen LogP contribution in [-0.2, 0) is 18.4 Å². The van der Waals surface area contributed by atoms with Crippen LogP contribution in [0.4, 0.5) is 10.1 Å².